The highest BCUT2D eigenvalue weighted by Gasteiger charge is 2.26. The van der Waals surface area contributed by atoms with Crippen LogP contribution in [0, 0.1) is 0 Å². The molecule has 3 nitrogen and oxygen atoms in total. The van der Waals surface area contributed by atoms with Gasteiger partial charge in [-0.25, -0.2) is 0 Å². The van der Waals surface area contributed by atoms with Gasteiger partial charge in [0, 0.05) is 25.7 Å². The normalized spacial score (nSPS) is 18.9. The molecule has 1 saturated heterocycles. The van der Waals surface area contributed by atoms with E-state index in [1.807, 2.05) is 6.07 Å². The first-order valence-corrected chi connectivity index (χ1v) is 7.31. The molecule has 0 spiro atoms. The Labute approximate surface area is 121 Å². The van der Waals surface area contributed by atoms with Gasteiger partial charge in [0.1, 0.15) is 0 Å². The molecular formula is C15H23N3S. The number of thiocarbonyl (C=S) groups is 1. The molecule has 0 aromatic heterocycles. The van der Waals surface area contributed by atoms with Crippen molar-refractivity contribution < 1.29 is 0 Å². The van der Waals surface area contributed by atoms with E-state index < -0.39 is 0 Å². The molecule has 1 unspecified atom stereocenters. The van der Waals surface area contributed by atoms with E-state index in [0.29, 0.717) is 6.04 Å². The predicted octanol–water partition coefficient (Wildman–Crippen LogP) is 2.09. The molecule has 0 saturated carbocycles. The van der Waals surface area contributed by atoms with Crippen molar-refractivity contribution in [1.82, 2.24) is 15.1 Å². The molecule has 1 aromatic rings. The zero-order valence-electron chi connectivity index (χ0n) is 11.8. The van der Waals surface area contributed by atoms with Crippen LogP contribution in [0.5, 0.6) is 0 Å². The number of nitrogens with one attached hydrogen (secondary N) is 1. The number of nitrogens with zero attached hydrogens (tertiary/aromatic N) is 2. The van der Waals surface area contributed by atoms with Crippen molar-refractivity contribution in [2.75, 3.05) is 27.2 Å². The summed E-state index contributed by atoms with van der Waals surface area (Å²) in [4.78, 5) is 4.58. The van der Waals surface area contributed by atoms with Crippen LogP contribution >= 0.6 is 12.2 Å². The molecule has 2 rings (SSSR count). The number of hydrogen-bond donors (Lipinski definition) is 1. The van der Waals surface area contributed by atoms with Crippen LogP contribution in [0.1, 0.15) is 18.4 Å². The molecule has 1 atom stereocenters. The fraction of sp³-hybridized carbons (Fsp3) is 0.533. The zero-order valence-corrected chi connectivity index (χ0v) is 12.6. The van der Waals surface area contributed by atoms with Gasteiger partial charge in [-0.3, -0.25) is 0 Å². The standard InChI is InChI=1S/C15H23N3S/c1-17(2)12-14-9-6-10-18(14)15(19)16-11-13-7-4-3-5-8-13/h3-5,7-8,14H,6,9-12H2,1-2H3,(H,16,19). The minimum absolute atomic E-state index is 0.561. The Morgan fingerprint density at radius 1 is 1.37 bits per heavy atom. The first-order chi connectivity index (χ1) is 9.16. The van der Waals surface area contributed by atoms with Crippen LogP contribution in [0.3, 0.4) is 0 Å². The van der Waals surface area contributed by atoms with Gasteiger partial charge in [0.05, 0.1) is 0 Å². The second-order valence-corrected chi connectivity index (χ2v) is 5.78. The number of likely N-dealkylation sites (N-methyl/N-ethyl adjacent to an activating group) is 1. The minimum atomic E-state index is 0.561. The van der Waals surface area contributed by atoms with Crippen LogP contribution in [-0.4, -0.2) is 48.1 Å². The molecule has 1 N–H and O–H groups in total. The monoisotopic (exact) mass is 277 g/mol. The molecular weight excluding hydrogens is 254 g/mol. The van der Waals surface area contributed by atoms with Gasteiger partial charge in [0.25, 0.3) is 0 Å². The fourth-order valence-electron chi connectivity index (χ4n) is 2.59. The van der Waals surface area contributed by atoms with Gasteiger partial charge in [0.2, 0.25) is 0 Å². The molecule has 0 radical (unpaired) electrons. The Morgan fingerprint density at radius 3 is 2.79 bits per heavy atom. The Morgan fingerprint density at radius 2 is 2.11 bits per heavy atom. The average Bonchev–Trinajstić information content (AvgIpc) is 2.84. The highest BCUT2D eigenvalue weighted by Crippen LogP contribution is 2.18. The van der Waals surface area contributed by atoms with Crippen LogP contribution in [0.25, 0.3) is 0 Å². The summed E-state index contributed by atoms with van der Waals surface area (Å²) >= 11 is 5.54. The lowest BCUT2D eigenvalue weighted by Crippen LogP contribution is -2.45. The van der Waals surface area contributed by atoms with E-state index in [2.05, 4.69) is 53.5 Å². The highest BCUT2D eigenvalue weighted by atomic mass is 32.1. The van der Waals surface area contributed by atoms with E-state index >= 15 is 0 Å². The Hall–Kier alpha value is -1.13. The van der Waals surface area contributed by atoms with E-state index in [-0.39, 0.29) is 0 Å². The van der Waals surface area contributed by atoms with Crippen LogP contribution < -0.4 is 5.32 Å². The third-order valence-electron chi connectivity index (χ3n) is 3.50. The summed E-state index contributed by atoms with van der Waals surface area (Å²) in [6.45, 7) is 2.97. The van der Waals surface area contributed by atoms with Crippen molar-refractivity contribution >= 4 is 17.3 Å². The predicted molar refractivity (Wildman–Crippen MR) is 84.2 cm³/mol. The molecule has 1 fully saturated rings. The molecule has 1 heterocycles. The lowest BCUT2D eigenvalue weighted by Gasteiger charge is -2.29. The summed E-state index contributed by atoms with van der Waals surface area (Å²) in [5.41, 5.74) is 1.27. The average molecular weight is 277 g/mol. The van der Waals surface area contributed by atoms with Crippen molar-refractivity contribution in [3.05, 3.63) is 35.9 Å². The van der Waals surface area contributed by atoms with Crippen LogP contribution in [0.2, 0.25) is 0 Å². The molecule has 104 valence electrons. The lowest BCUT2D eigenvalue weighted by molar-refractivity contribution is 0.283. The van der Waals surface area contributed by atoms with Crippen molar-refractivity contribution in [1.29, 1.82) is 0 Å². The van der Waals surface area contributed by atoms with Gasteiger partial charge in [-0.2, -0.15) is 0 Å². The van der Waals surface area contributed by atoms with E-state index in [4.69, 9.17) is 12.2 Å². The summed E-state index contributed by atoms with van der Waals surface area (Å²) in [5, 5.41) is 4.28. The molecule has 1 aliphatic heterocycles. The third-order valence-corrected chi connectivity index (χ3v) is 3.88. The van der Waals surface area contributed by atoms with Crippen LogP contribution in [0.4, 0.5) is 0 Å². The van der Waals surface area contributed by atoms with Gasteiger partial charge in [-0.05, 0) is 44.7 Å². The summed E-state index contributed by atoms with van der Waals surface area (Å²) in [7, 11) is 4.24. The van der Waals surface area contributed by atoms with Gasteiger partial charge in [-0.15, -0.1) is 0 Å². The molecule has 19 heavy (non-hydrogen) atoms. The maximum Gasteiger partial charge on any atom is 0.169 e. The highest BCUT2D eigenvalue weighted by molar-refractivity contribution is 7.80. The van der Waals surface area contributed by atoms with Gasteiger partial charge in [0.15, 0.2) is 5.11 Å². The van der Waals surface area contributed by atoms with E-state index in [1.165, 1.54) is 18.4 Å². The Kier molecular flexibility index (Phi) is 5.16. The zero-order chi connectivity index (χ0) is 13.7. The summed E-state index contributed by atoms with van der Waals surface area (Å²) in [6.07, 6.45) is 2.48. The maximum atomic E-state index is 5.54. The van der Waals surface area contributed by atoms with Crippen molar-refractivity contribution in [3.63, 3.8) is 0 Å². The Balaban J connectivity index is 1.85. The SMILES string of the molecule is CN(C)CC1CCCN1C(=S)NCc1ccccc1. The quantitative estimate of drug-likeness (QED) is 0.849. The molecule has 1 aromatic carbocycles. The first-order valence-electron chi connectivity index (χ1n) is 6.90. The second-order valence-electron chi connectivity index (χ2n) is 5.40. The van der Waals surface area contributed by atoms with Gasteiger partial charge < -0.3 is 15.1 Å². The minimum Gasteiger partial charge on any atom is -0.358 e. The van der Waals surface area contributed by atoms with Crippen LogP contribution in [0.15, 0.2) is 30.3 Å². The topological polar surface area (TPSA) is 18.5 Å². The van der Waals surface area contributed by atoms with E-state index in [9.17, 15) is 0 Å². The molecule has 0 bridgehead atoms. The molecule has 1 aliphatic rings. The fourth-order valence-corrected chi connectivity index (χ4v) is 2.90. The second kappa shape index (κ2) is 6.87. The smallest absolute Gasteiger partial charge is 0.169 e. The Bertz CT molecular complexity index is 405. The summed E-state index contributed by atoms with van der Waals surface area (Å²) in [5.74, 6) is 0. The molecule has 4 heteroatoms. The number of rotatable bonds is 4. The molecule has 0 amide bonds. The van der Waals surface area contributed by atoms with E-state index in [0.717, 1.165) is 24.7 Å². The van der Waals surface area contributed by atoms with Gasteiger partial charge in [-0.1, -0.05) is 30.3 Å². The van der Waals surface area contributed by atoms with E-state index in [1.54, 1.807) is 0 Å². The number of likely N-dealkylation sites (tertiary alicyclic amines) is 1. The maximum absolute atomic E-state index is 5.54. The van der Waals surface area contributed by atoms with Crippen molar-refractivity contribution in [2.24, 2.45) is 0 Å². The largest absolute Gasteiger partial charge is 0.358 e. The van der Waals surface area contributed by atoms with Crippen molar-refractivity contribution in [2.45, 2.75) is 25.4 Å². The number of benzene rings is 1. The number of hydrogen-bond acceptors (Lipinski definition) is 2. The first kappa shape index (κ1) is 14.3. The van der Waals surface area contributed by atoms with Crippen molar-refractivity contribution in [3.8, 4) is 0 Å². The molecule has 0 aliphatic carbocycles. The van der Waals surface area contributed by atoms with Gasteiger partial charge >= 0.3 is 0 Å². The summed E-state index contributed by atoms with van der Waals surface area (Å²) < 4.78 is 0. The van der Waals surface area contributed by atoms with Crippen LogP contribution in [-0.2, 0) is 6.54 Å². The lowest BCUT2D eigenvalue weighted by atomic mass is 10.2. The summed E-state index contributed by atoms with van der Waals surface area (Å²) in [6, 6.07) is 11.0. The third kappa shape index (κ3) is 4.18.